The summed E-state index contributed by atoms with van der Waals surface area (Å²) in [4.78, 5) is 0. The molecule has 0 aliphatic carbocycles. The monoisotopic (exact) mass is 333 g/mol. The summed E-state index contributed by atoms with van der Waals surface area (Å²) in [6, 6.07) is 13.9. The lowest BCUT2D eigenvalue weighted by molar-refractivity contribution is 0.234. The summed E-state index contributed by atoms with van der Waals surface area (Å²) in [5.41, 5.74) is 2.26. The van der Waals surface area contributed by atoms with E-state index >= 15 is 0 Å². The van der Waals surface area contributed by atoms with E-state index in [1.165, 1.54) is 5.56 Å². The quantitative estimate of drug-likeness (QED) is 0.740. The molecule has 0 aliphatic heterocycles. The molecule has 0 spiro atoms. The second-order valence-corrected chi connectivity index (χ2v) is 6.29. The van der Waals surface area contributed by atoms with Crippen LogP contribution in [-0.2, 0) is 0 Å². The van der Waals surface area contributed by atoms with E-state index in [-0.39, 0.29) is 6.10 Å². The van der Waals surface area contributed by atoms with Crippen LogP contribution in [-0.4, -0.2) is 19.8 Å². The zero-order valence-corrected chi connectivity index (χ0v) is 14.9. The maximum atomic E-state index is 6.12. The standard InChI is InChI=1S/C19H24ClNO2/c1-13(2)15-5-8-17(9-6-15)23-14(3)12-21-16-7-10-19(22-4)18(20)11-16/h5-11,13-14,21H,12H2,1-4H3/t14-/m1/s1. The van der Waals surface area contributed by atoms with Crippen LogP contribution in [0.2, 0.25) is 5.02 Å². The van der Waals surface area contributed by atoms with E-state index in [9.17, 15) is 0 Å². The molecule has 3 nitrogen and oxygen atoms in total. The number of anilines is 1. The molecule has 2 rings (SSSR count). The van der Waals surface area contributed by atoms with Gasteiger partial charge in [0.25, 0.3) is 0 Å². The van der Waals surface area contributed by atoms with Gasteiger partial charge < -0.3 is 14.8 Å². The summed E-state index contributed by atoms with van der Waals surface area (Å²) in [6.45, 7) is 7.09. The van der Waals surface area contributed by atoms with Crippen molar-refractivity contribution in [3.8, 4) is 11.5 Å². The fourth-order valence-corrected chi connectivity index (χ4v) is 2.50. The SMILES string of the molecule is COc1ccc(NC[C@@H](C)Oc2ccc(C(C)C)cc2)cc1Cl. The molecule has 0 fully saturated rings. The summed E-state index contributed by atoms with van der Waals surface area (Å²) in [5.74, 6) is 2.09. The zero-order valence-electron chi connectivity index (χ0n) is 14.1. The van der Waals surface area contributed by atoms with E-state index < -0.39 is 0 Å². The molecule has 2 aromatic carbocycles. The molecule has 2 aromatic rings. The second-order valence-electron chi connectivity index (χ2n) is 5.88. The number of nitrogens with one attached hydrogen (secondary N) is 1. The molecular weight excluding hydrogens is 310 g/mol. The Labute approximate surface area is 143 Å². The zero-order chi connectivity index (χ0) is 16.8. The minimum Gasteiger partial charge on any atom is -0.495 e. The van der Waals surface area contributed by atoms with Gasteiger partial charge in [-0.05, 0) is 48.7 Å². The van der Waals surface area contributed by atoms with Crippen molar-refractivity contribution in [2.24, 2.45) is 0 Å². The van der Waals surface area contributed by atoms with Crippen LogP contribution in [0, 0.1) is 0 Å². The molecule has 0 heterocycles. The Hall–Kier alpha value is -1.87. The fraction of sp³-hybridized carbons (Fsp3) is 0.368. The van der Waals surface area contributed by atoms with Crippen LogP contribution in [0.25, 0.3) is 0 Å². The second kappa shape index (κ2) is 8.11. The summed E-state index contributed by atoms with van der Waals surface area (Å²) < 4.78 is 11.1. The molecule has 23 heavy (non-hydrogen) atoms. The first-order chi connectivity index (χ1) is 11.0. The maximum absolute atomic E-state index is 6.12. The van der Waals surface area contributed by atoms with Gasteiger partial charge in [-0.1, -0.05) is 37.6 Å². The number of methoxy groups -OCH3 is 1. The summed E-state index contributed by atoms with van der Waals surface area (Å²) in [7, 11) is 1.61. The van der Waals surface area contributed by atoms with E-state index in [1.54, 1.807) is 7.11 Å². The third-order valence-corrected chi connectivity index (χ3v) is 3.92. The van der Waals surface area contributed by atoms with Crippen LogP contribution in [0.5, 0.6) is 11.5 Å². The third-order valence-electron chi connectivity index (χ3n) is 3.63. The smallest absolute Gasteiger partial charge is 0.137 e. The van der Waals surface area contributed by atoms with Gasteiger partial charge in [-0.2, -0.15) is 0 Å². The topological polar surface area (TPSA) is 30.5 Å². The Morgan fingerprint density at radius 3 is 2.30 bits per heavy atom. The molecule has 0 unspecified atom stereocenters. The van der Waals surface area contributed by atoms with Gasteiger partial charge in [0, 0.05) is 5.69 Å². The first-order valence-corrected chi connectivity index (χ1v) is 8.21. The highest BCUT2D eigenvalue weighted by Gasteiger charge is 2.07. The van der Waals surface area contributed by atoms with Gasteiger partial charge in [0.2, 0.25) is 0 Å². The van der Waals surface area contributed by atoms with Gasteiger partial charge in [-0.3, -0.25) is 0 Å². The number of benzene rings is 2. The van der Waals surface area contributed by atoms with Crippen molar-refractivity contribution in [1.82, 2.24) is 0 Å². The number of ether oxygens (including phenoxy) is 2. The first-order valence-electron chi connectivity index (χ1n) is 7.83. The molecule has 0 aromatic heterocycles. The van der Waals surface area contributed by atoms with E-state index in [1.807, 2.05) is 37.3 Å². The highest BCUT2D eigenvalue weighted by molar-refractivity contribution is 6.32. The van der Waals surface area contributed by atoms with Crippen molar-refractivity contribution in [1.29, 1.82) is 0 Å². The van der Waals surface area contributed by atoms with Crippen molar-refractivity contribution < 1.29 is 9.47 Å². The predicted octanol–water partition coefficient (Wildman–Crippen LogP) is 5.35. The molecule has 0 amide bonds. The number of hydrogen-bond acceptors (Lipinski definition) is 3. The highest BCUT2D eigenvalue weighted by atomic mass is 35.5. The van der Waals surface area contributed by atoms with Gasteiger partial charge in [-0.15, -0.1) is 0 Å². The van der Waals surface area contributed by atoms with Crippen molar-refractivity contribution in [2.75, 3.05) is 19.0 Å². The predicted molar refractivity (Wildman–Crippen MR) is 97.1 cm³/mol. The Morgan fingerprint density at radius 1 is 1.04 bits per heavy atom. The average Bonchev–Trinajstić information content (AvgIpc) is 2.53. The molecule has 1 N–H and O–H groups in total. The van der Waals surface area contributed by atoms with E-state index in [4.69, 9.17) is 21.1 Å². The van der Waals surface area contributed by atoms with Crippen molar-refractivity contribution in [3.63, 3.8) is 0 Å². The first kappa shape index (κ1) is 17.5. The van der Waals surface area contributed by atoms with Crippen LogP contribution in [0.15, 0.2) is 42.5 Å². The molecule has 0 saturated carbocycles. The lowest BCUT2D eigenvalue weighted by atomic mass is 10.0. The molecule has 0 saturated heterocycles. The Balaban J connectivity index is 1.87. The van der Waals surface area contributed by atoms with E-state index in [0.29, 0.717) is 23.2 Å². The maximum Gasteiger partial charge on any atom is 0.137 e. The molecule has 0 aliphatic rings. The van der Waals surface area contributed by atoms with Gasteiger partial charge in [0.15, 0.2) is 0 Å². The average molecular weight is 334 g/mol. The highest BCUT2D eigenvalue weighted by Crippen LogP contribution is 2.27. The molecule has 0 radical (unpaired) electrons. The van der Waals surface area contributed by atoms with Crippen LogP contribution in [0.1, 0.15) is 32.3 Å². The third kappa shape index (κ3) is 5.07. The molecule has 0 bridgehead atoms. The summed E-state index contributed by atoms with van der Waals surface area (Å²) in [5, 5.41) is 3.91. The number of halogens is 1. The van der Waals surface area contributed by atoms with E-state index in [2.05, 4.69) is 31.3 Å². The minimum atomic E-state index is 0.0424. The van der Waals surface area contributed by atoms with Crippen LogP contribution >= 0.6 is 11.6 Å². The largest absolute Gasteiger partial charge is 0.495 e. The van der Waals surface area contributed by atoms with Gasteiger partial charge >= 0.3 is 0 Å². The van der Waals surface area contributed by atoms with Crippen LogP contribution < -0.4 is 14.8 Å². The van der Waals surface area contributed by atoms with Gasteiger partial charge in [0.05, 0.1) is 18.7 Å². The molecular formula is C19H24ClNO2. The fourth-order valence-electron chi connectivity index (χ4n) is 2.24. The van der Waals surface area contributed by atoms with Crippen molar-refractivity contribution in [3.05, 3.63) is 53.1 Å². The molecule has 124 valence electrons. The van der Waals surface area contributed by atoms with Crippen molar-refractivity contribution in [2.45, 2.75) is 32.8 Å². The Bertz CT molecular complexity index is 626. The number of rotatable bonds is 7. The Morgan fingerprint density at radius 2 is 1.74 bits per heavy atom. The molecule has 1 atom stereocenters. The lowest BCUT2D eigenvalue weighted by Gasteiger charge is -2.17. The van der Waals surface area contributed by atoms with Gasteiger partial charge in [0.1, 0.15) is 17.6 Å². The normalized spacial score (nSPS) is 12.1. The lowest BCUT2D eigenvalue weighted by Crippen LogP contribution is -2.22. The number of hydrogen-bond donors (Lipinski definition) is 1. The summed E-state index contributed by atoms with van der Waals surface area (Å²) in [6.07, 6.45) is 0.0424. The van der Waals surface area contributed by atoms with E-state index in [0.717, 1.165) is 11.4 Å². The Kier molecular flexibility index (Phi) is 6.17. The van der Waals surface area contributed by atoms with Crippen molar-refractivity contribution >= 4 is 17.3 Å². The van der Waals surface area contributed by atoms with Crippen LogP contribution in [0.3, 0.4) is 0 Å². The van der Waals surface area contributed by atoms with Gasteiger partial charge in [-0.25, -0.2) is 0 Å². The molecule has 4 heteroatoms. The summed E-state index contributed by atoms with van der Waals surface area (Å²) >= 11 is 6.12. The van der Waals surface area contributed by atoms with Crippen LogP contribution in [0.4, 0.5) is 5.69 Å². The minimum absolute atomic E-state index is 0.0424.